The van der Waals surface area contributed by atoms with Crippen LogP contribution in [-0.2, 0) is 9.53 Å². The smallest absolute Gasteiger partial charge is 0.431 e. The molecule has 15 heteroatoms. The van der Waals surface area contributed by atoms with E-state index in [1.165, 1.54) is 12.1 Å². The first-order valence-electron chi connectivity index (χ1n) is 11.4. The number of ether oxygens (including phenoxy) is 1. The molecule has 0 aromatic heterocycles. The number of carbonyl (C=O) groups is 2. The number of nitrogens with zero attached hydrogens (tertiary/aromatic N) is 2. The SMILES string of the molecule is CC(CN(C)C)NCC1(O)CN(C(=O)c2ccc(F)c(F)c2Nc2ccc(I)cc2F)C1OC(=O)C(F)(F)F. The van der Waals surface area contributed by atoms with E-state index in [9.17, 15) is 41.0 Å². The molecule has 1 heterocycles. The number of halogens is 7. The van der Waals surface area contributed by atoms with Gasteiger partial charge in [0.2, 0.25) is 6.23 Å². The van der Waals surface area contributed by atoms with Gasteiger partial charge in [-0.15, -0.1) is 0 Å². The maximum Gasteiger partial charge on any atom is 0.491 e. The van der Waals surface area contributed by atoms with Crippen molar-refractivity contribution in [2.24, 2.45) is 0 Å². The Morgan fingerprint density at radius 3 is 2.46 bits per heavy atom. The fraction of sp³-hybridized carbons (Fsp3) is 0.417. The third-order valence-electron chi connectivity index (χ3n) is 5.81. The van der Waals surface area contributed by atoms with Crippen molar-refractivity contribution < 1.29 is 45.8 Å². The van der Waals surface area contributed by atoms with Crippen LogP contribution in [0.15, 0.2) is 30.3 Å². The van der Waals surface area contributed by atoms with Crippen molar-refractivity contribution in [2.75, 3.05) is 39.0 Å². The quantitative estimate of drug-likeness (QED) is 0.213. The predicted molar refractivity (Wildman–Crippen MR) is 137 cm³/mol. The van der Waals surface area contributed by atoms with E-state index in [4.69, 9.17) is 0 Å². The minimum Gasteiger partial charge on any atom is -0.431 e. The molecule has 0 spiro atoms. The first-order chi connectivity index (χ1) is 18.0. The number of likely N-dealkylation sites (N-methyl/N-ethyl adjacent to an activating group) is 1. The molecular formula is C24H25F6IN4O4. The van der Waals surface area contributed by atoms with Crippen LogP contribution >= 0.6 is 22.6 Å². The monoisotopic (exact) mass is 674 g/mol. The van der Waals surface area contributed by atoms with Crippen molar-refractivity contribution in [2.45, 2.75) is 31.0 Å². The number of aliphatic hydroxyl groups is 1. The van der Waals surface area contributed by atoms with Crippen LogP contribution in [0.1, 0.15) is 17.3 Å². The van der Waals surface area contributed by atoms with Crippen molar-refractivity contribution in [3.63, 3.8) is 0 Å². The highest BCUT2D eigenvalue weighted by Gasteiger charge is 2.59. The summed E-state index contributed by atoms with van der Waals surface area (Å²) in [5, 5.41) is 16.2. The minimum atomic E-state index is -5.44. The molecule has 8 nitrogen and oxygen atoms in total. The summed E-state index contributed by atoms with van der Waals surface area (Å²) in [7, 11) is 3.56. The van der Waals surface area contributed by atoms with Crippen molar-refractivity contribution in [3.8, 4) is 0 Å². The van der Waals surface area contributed by atoms with Crippen LogP contribution in [0.2, 0.25) is 0 Å². The molecule has 3 unspecified atom stereocenters. The van der Waals surface area contributed by atoms with Crippen LogP contribution in [-0.4, -0.2) is 84.6 Å². The number of hydrogen-bond donors (Lipinski definition) is 3. The zero-order valence-electron chi connectivity index (χ0n) is 20.9. The van der Waals surface area contributed by atoms with Crippen molar-refractivity contribution in [3.05, 3.63) is 56.9 Å². The normalized spacial score (nSPS) is 20.0. The lowest BCUT2D eigenvalue weighted by molar-refractivity contribution is -0.259. The van der Waals surface area contributed by atoms with Gasteiger partial charge in [-0.05, 0) is 73.9 Å². The van der Waals surface area contributed by atoms with Gasteiger partial charge in [0.05, 0.1) is 23.5 Å². The number of carbonyl (C=O) groups excluding carboxylic acids is 2. The largest absolute Gasteiger partial charge is 0.491 e. The Bertz CT molecular complexity index is 1250. The topological polar surface area (TPSA) is 94.1 Å². The first-order valence-corrected chi connectivity index (χ1v) is 12.5. The number of esters is 1. The van der Waals surface area contributed by atoms with Crippen molar-refractivity contribution in [1.29, 1.82) is 0 Å². The van der Waals surface area contributed by atoms with E-state index in [0.29, 0.717) is 21.1 Å². The van der Waals surface area contributed by atoms with Gasteiger partial charge in [-0.1, -0.05) is 0 Å². The number of rotatable bonds is 9. The first kappa shape index (κ1) is 30.9. The molecule has 3 rings (SSSR count). The zero-order chi connectivity index (χ0) is 29.3. The lowest BCUT2D eigenvalue weighted by atomic mass is 9.89. The Morgan fingerprint density at radius 2 is 1.87 bits per heavy atom. The average Bonchev–Trinajstić information content (AvgIpc) is 2.82. The van der Waals surface area contributed by atoms with Crippen LogP contribution in [0, 0.1) is 21.0 Å². The zero-order valence-corrected chi connectivity index (χ0v) is 23.0. The lowest BCUT2D eigenvalue weighted by Crippen LogP contribution is -2.76. The van der Waals surface area contributed by atoms with E-state index in [0.717, 1.165) is 12.1 Å². The number of alkyl halides is 3. The standard InChI is InChI=1S/C24H25F6IN4O4/c1-12(9-34(2)3)32-10-23(38)11-35(21(23)39-22(37)24(28,29)30)20(36)14-5-6-15(25)18(27)19(14)33-17-7-4-13(31)8-16(17)26/h4-8,12,21,32-33,38H,9-11H2,1-3H3. The van der Waals surface area contributed by atoms with Crippen LogP contribution in [0.5, 0.6) is 0 Å². The predicted octanol–water partition coefficient (Wildman–Crippen LogP) is 3.61. The van der Waals surface area contributed by atoms with E-state index < -0.39 is 65.1 Å². The van der Waals surface area contributed by atoms with Gasteiger partial charge in [0, 0.05) is 22.7 Å². The number of hydrogen-bond acceptors (Lipinski definition) is 7. The summed E-state index contributed by atoms with van der Waals surface area (Å²) >= 11 is 1.82. The van der Waals surface area contributed by atoms with Crippen LogP contribution in [0.25, 0.3) is 0 Å². The van der Waals surface area contributed by atoms with E-state index in [2.05, 4.69) is 15.4 Å². The van der Waals surface area contributed by atoms with Gasteiger partial charge in [0.25, 0.3) is 5.91 Å². The number of amides is 1. The second kappa shape index (κ2) is 11.9. The molecule has 1 fully saturated rings. The van der Waals surface area contributed by atoms with Crippen LogP contribution in [0.4, 0.5) is 37.7 Å². The van der Waals surface area contributed by atoms with E-state index in [1.807, 2.05) is 27.5 Å². The molecule has 1 saturated heterocycles. The summed E-state index contributed by atoms with van der Waals surface area (Å²) < 4.78 is 87.2. The molecule has 0 bridgehead atoms. The molecule has 2 aromatic rings. The highest BCUT2D eigenvalue weighted by atomic mass is 127. The summed E-state index contributed by atoms with van der Waals surface area (Å²) in [6, 6.07) is 4.95. The fourth-order valence-corrected chi connectivity index (χ4v) is 4.44. The van der Waals surface area contributed by atoms with Gasteiger partial charge < -0.3 is 25.4 Å². The van der Waals surface area contributed by atoms with Gasteiger partial charge in [-0.3, -0.25) is 9.69 Å². The van der Waals surface area contributed by atoms with E-state index in [-0.39, 0.29) is 18.3 Å². The molecule has 1 amide bonds. The van der Waals surface area contributed by atoms with E-state index >= 15 is 0 Å². The Hall–Kier alpha value is -2.63. The Morgan fingerprint density at radius 1 is 1.21 bits per heavy atom. The number of anilines is 2. The molecule has 0 aliphatic carbocycles. The van der Waals surface area contributed by atoms with Gasteiger partial charge in [-0.25, -0.2) is 18.0 Å². The maximum atomic E-state index is 14.8. The molecule has 2 aromatic carbocycles. The average molecular weight is 674 g/mol. The third kappa shape index (κ3) is 7.12. The summed E-state index contributed by atoms with van der Waals surface area (Å²) in [5.74, 6) is -7.66. The number of β-amino-alcohol motifs (C(OH)–C–C–N with tert-alkyl or cyclic N) is 1. The Balaban J connectivity index is 1.93. The molecular weight excluding hydrogens is 649 g/mol. The van der Waals surface area contributed by atoms with E-state index in [1.54, 1.807) is 21.0 Å². The summed E-state index contributed by atoms with van der Waals surface area (Å²) in [4.78, 5) is 27.4. The summed E-state index contributed by atoms with van der Waals surface area (Å²) in [5.41, 5.74) is -3.84. The minimum absolute atomic E-state index is 0.251. The molecule has 0 radical (unpaired) electrons. The maximum absolute atomic E-state index is 14.8. The Labute approximate surface area is 233 Å². The second-order valence-electron chi connectivity index (χ2n) is 9.37. The summed E-state index contributed by atoms with van der Waals surface area (Å²) in [6.07, 6.45) is -7.55. The van der Waals surface area contributed by atoms with Crippen molar-refractivity contribution >= 4 is 45.8 Å². The Kier molecular flexibility index (Phi) is 9.39. The lowest BCUT2D eigenvalue weighted by Gasteiger charge is -2.53. The molecule has 3 atom stereocenters. The molecule has 1 aliphatic rings. The molecule has 0 saturated carbocycles. The third-order valence-corrected chi connectivity index (χ3v) is 6.48. The number of benzene rings is 2. The van der Waals surface area contributed by atoms with Crippen LogP contribution in [0.3, 0.4) is 0 Å². The molecule has 39 heavy (non-hydrogen) atoms. The summed E-state index contributed by atoms with van der Waals surface area (Å²) in [6.45, 7) is 1.26. The molecule has 3 N–H and O–H groups in total. The number of likely N-dealkylation sites (tertiary alicyclic amines) is 1. The highest BCUT2D eigenvalue weighted by Crippen LogP contribution is 2.36. The van der Waals surface area contributed by atoms with Crippen molar-refractivity contribution in [1.82, 2.24) is 15.1 Å². The van der Waals surface area contributed by atoms with Gasteiger partial charge in [0.1, 0.15) is 5.82 Å². The number of nitrogens with one attached hydrogen (secondary N) is 2. The van der Waals surface area contributed by atoms with Gasteiger partial charge in [0.15, 0.2) is 17.2 Å². The molecule has 214 valence electrons. The van der Waals surface area contributed by atoms with Gasteiger partial charge in [-0.2, -0.15) is 13.2 Å². The molecule has 1 aliphatic heterocycles. The second-order valence-corrected chi connectivity index (χ2v) is 10.6. The highest BCUT2D eigenvalue weighted by molar-refractivity contribution is 14.1. The van der Waals surface area contributed by atoms with Crippen LogP contribution < -0.4 is 10.6 Å². The van der Waals surface area contributed by atoms with Gasteiger partial charge >= 0.3 is 12.1 Å². The fourth-order valence-electron chi connectivity index (χ4n) is 3.99.